The fourth-order valence-electron chi connectivity index (χ4n) is 1.56. The number of esters is 1. The number of halogens is 1. The third-order valence-corrected chi connectivity index (χ3v) is 2.47. The number of nitrogens with zero attached hydrogens (tertiary/aromatic N) is 1. The first-order chi connectivity index (χ1) is 9.95. The van der Waals surface area contributed by atoms with Crippen LogP contribution in [0.1, 0.15) is 11.5 Å². The molecule has 0 aliphatic heterocycles. The standard InChI is InChI=1S/C14H10FNO5/c1-9-2-4-11(20-9)5-7-14(17)21-13-8-10(15)3-6-12(13)16(18)19/h2-8H,1H3. The van der Waals surface area contributed by atoms with Crippen LogP contribution < -0.4 is 4.74 Å². The molecule has 1 heterocycles. The average Bonchev–Trinajstić information content (AvgIpc) is 2.82. The molecule has 2 rings (SSSR count). The van der Waals surface area contributed by atoms with Crippen molar-refractivity contribution in [1.82, 2.24) is 0 Å². The lowest BCUT2D eigenvalue weighted by Gasteiger charge is -2.02. The summed E-state index contributed by atoms with van der Waals surface area (Å²) in [6.07, 6.45) is 2.38. The smallest absolute Gasteiger partial charge is 0.336 e. The van der Waals surface area contributed by atoms with Crippen molar-refractivity contribution in [3.8, 4) is 5.75 Å². The summed E-state index contributed by atoms with van der Waals surface area (Å²) < 4.78 is 23.0. The molecule has 0 aliphatic rings. The van der Waals surface area contributed by atoms with Crippen LogP contribution in [0, 0.1) is 22.9 Å². The van der Waals surface area contributed by atoms with Crippen LogP contribution in [-0.2, 0) is 4.79 Å². The molecule has 0 bridgehead atoms. The van der Waals surface area contributed by atoms with Gasteiger partial charge in [-0.15, -0.1) is 0 Å². The van der Waals surface area contributed by atoms with Crippen LogP contribution in [0.25, 0.3) is 6.08 Å². The zero-order valence-electron chi connectivity index (χ0n) is 10.9. The van der Waals surface area contributed by atoms with Gasteiger partial charge in [-0.05, 0) is 31.2 Å². The van der Waals surface area contributed by atoms with Crippen molar-refractivity contribution in [3.05, 3.63) is 63.9 Å². The van der Waals surface area contributed by atoms with E-state index in [1.807, 2.05) is 0 Å². The molecule has 0 saturated heterocycles. The highest BCUT2D eigenvalue weighted by molar-refractivity contribution is 5.88. The molecular formula is C14H10FNO5. The Hall–Kier alpha value is -2.96. The van der Waals surface area contributed by atoms with Crippen molar-refractivity contribution in [2.24, 2.45) is 0 Å². The van der Waals surface area contributed by atoms with E-state index in [1.54, 1.807) is 19.1 Å². The SMILES string of the molecule is Cc1ccc(C=CC(=O)Oc2cc(F)ccc2[N+](=O)[O-])o1. The van der Waals surface area contributed by atoms with Gasteiger partial charge in [-0.25, -0.2) is 9.18 Å². The van der Waals surface area contributed by atoms with Crippen LogP contribution >= 0.6 is 0 Å². The van der Waals surface area contributed by atoms with Gasteiger partial charge in [0.2, 0.25) is 5.75 Å². The lowest BCUT2D eigenvalue weighted by molar-refractivity contribution is -0.385. The number of ether oxygens (including phenoxy) is 1. The summed E-state index contributed by atoms with van der Waals surface area (Å²) in [6, 6.07) is 5.97. The molecule has 0 aliphatic carbocycles. The molecule has 2 aromatic rings. The lowest BCUT2D eigenvalue weighted by atomic mass is 10.3. The maximum absolute atomic E-state index is 13.1. The molecule has 7 heteroatoms. The zero-order valence-corrected chi connectivity index (χ0v) is 10.9. The second-order valence-corrected chi connectivity index (χ2v) is 4.07. The highest BCUT2D eigenvalue weighted by atomic mass is 19.1. The Morgan fingerprint density at radius 2 is 2.14 bits per heavy atom. The van der Waals surface area contributed by atoms with Crippen molar-refractivity contribution >= 4 is 17.7 Å². The molecule has 0 spiro atoms. The molecule has 0 atom stereocenters. The Kier molecular flexibility index (Phi) is 4.13. The molecule has 21 heavy (non-hydrogen) atoms. The normalized spacial score (nSPS) is 10.8. The minimum atomic E-state index is -0.877. The van der Waals surface area contributed by atoms with E-state index in [2.05, 4.69) is 0 Å². The van der Waals surface area contributed by atoms with E-state index in [9.17, 15) is 19.3 Å². The van der Waals surface area contributed by atoms with Gasteiger partial charge < -0.3 is 9.15 Å². The molecule has 0 unspecified atom stereocenters. The van der Waals surface area contributed by atoms with Crippen molar-refractivity contribution in [1.29, 1.82) is 0 Å². The monoisotopic (exact) mass is 291 g/mol. The Morgan fingerprint density at radius 1 is 1.38 bits per heavy atom. The van der Waals surface area contributed by atoms with E-state index in [1.165, 1.54) is 6.08 Å². The van der Waals surface area contributed by atoms with Gasteiger partial charge in [0, 0.05) is 18.2 Å². The van der Waals surface area contributed by atoms with Crippen LogP contribution in [0.2, 0.25) is 0 Å². The van der Waals surface area contributed by atoms with Crippen LogP contribution in [0.3, 0.4) is 0 Å². The molecule has 0 amide bonds. The Balaban J connectivity index is 2.14. The van der Waals surface area contributed by atoms with E-state index in [-0.39, 0.29) is 0 Å². The van der Waals surface area contributed by atoms with Gasteiger partial charge in [-0.3, -0.25) is 10.1 Å². The highest BCUT2D eigenvalue weighted by Gasteiger charge is 2.17. The Bertz CT molecular complexity index is 720. The quantitative estimate of drug-likeness (QED) is 0.284. The van der Waals surface area contributed by atoms with Gasteiger partial charge in [-0.2, -0.15) is 0 Å². The van der Waals surface area contributed by atoms with Crippen molar-refractivity contribution in [2.45, 2.75) is 6.92 Å². The molecule has 6 nitrogen and oxygen atoms in total. The number of rotatable bonds is 4. The number of aryl methyl sites for hydroxylation is 1. The fraction of sp³-hybridized carbons (Fsp3) is 0.0714. The van der Waals surface area contributed by atoms with Crippen LogP contribution in [-0.4, -0.2) is 10.9 Å². The Labute approximate surface area is 118 Å². The summed E-state index contributed by atoms with van der Waals surface area (Å²) in [7, 11) is 0. The first kappa shape index (κ1) is 14.4. The number of benzene rings is 1. The summed E-state index contributed by atoms with van der Waals surface area (Å²) in [4.78, 5) is 21.6. The van der Waals surface area contributed by atoms with Gasteiger partial charge in [-0.1, -0.05) is 0 Å². The molecular weight excluding hydrogens is 281 g/mol. The maximum Gasteiger partial charge on any atom is 0.336 e. The molecule has 0 radical (unpaired) electrons. The summed E-state index contributed by atoms with van der Waals surface area (Å²) in [5, 5.41) is 10.8. The number of hydrogen-bond acceptors (Lipinski definition) is 5. The lowest BCUT2D eigenvalue weighted by Crippen LogP contribution is -2.06. The number of nitro benzene ring substituents is 1. The summed E-state index contributed by atoms with van der Waals surface area (Å²) in [5.41, 5.74) is -0.494. The second-order valence-electron chi connectivity index (χ2n) is 4.07. The van der Waals surface area contributed by atoms with Gasteiger partial charge in [0.15, 0.2) is 0 Å². The predicted octanol–water partition coefficient (Wildman–Crippen LogP) is 3.25. The first-order valence-electron chi connectivity index (χ1n) is 5.86. The fourth-order valence-corrected chi connectivity index (χ4v) is 1.56. The van der Waals surface area contributed by atoms with Gasteiger partial charge in [0.05, 0.1) is 4.92 Å². The van der Waals surface area contributed by atoms with E-state index in [0.717, 1.165) is 24.3 Å². The third-order valence-electron chi connectivity index (χ3n) is 2.47. The van der Waals surface area contributed by atoms with E-state index >= 15 is 0 Å². The molecule has 0 saturated carbocycles. The summed E-state index contributed by atoms with van der Waals surface area (Å²) >= 11 is 0. The topological polar surface area (TPSA) is 82.6 Å². The number of hydrogen-bond donors (Lipinski definition) is 0. The minimum Gasteiger partial charge on any atom is -0.462 e. The van der Waals surface area contributed by atoms with Crippen molar-refractivity contribution < 1.29 is 23.3 Å². The summed E-state index contributed by atoms with van der Waals surface area (Å²) in [5.74, 6) is -0.973. The average molecular weight is 291 g/mol. The van der Waals surface area contributed by atoms with Gasteiger partial charge >= 0.3 is 11.7 Å². The molecule has 108 valence electrons. The van der Waals surface area contributed by atoms with Gasteiger partial charge in [0.25, 0.3) is 0 Å². The summed E-state index contributed by atoms with van der Waals surface area (Å²) in [6.45, 7) is 1.74. The number of furan rings is 1. The minimum absolute atomic E-state index is 0.429. The van der Waals surface area contributed by atoms with E-state index in [0.29, 0.717) is 11.5 Å². The largest absolute Gasteiger partial charge is 0.462 e. The predicted molar refractivity (Wildman–Crippen MR) is 71.2 cm³/mol. The first-order valence-corrected chi connectivity index (χ1v) is 5.86. The van der Waals surface area contributed by atoms with E-state index < -0.39 is 28.1 Å². The zero-order chi connectivity index (χ0) is 15.4. The number of carbonyl (C=O) groups is 1. The third kappa shape index (κ3) is 3.75. The molecule has 1 aromatic carbocycles. The number of nitro groups is 1. The van der Waals surface area contributed by atoms with Crippen LogP contribution in [0.4, 0.5) is 10.1 Å². The molecule has 1 aromatic heterocycles. The Morgan fingerprint density at radius 3 is 2.76 bits per heavy atom. The number of carbonyl (C=O) groups excluding carboxylic acids is 1. The van der Waals surface area contributed by atoms with Gasteiger partial charge in [0.1, 0.15) is 17.3 Å². The van der Waals surface area contributed by atoms with E-state index in [4.69, 9.17) is 9.15 Å². The molecule has 0 fully saturated rings. The second kappa shape index (κ2) is 6.00. The van der Waals surface area contributed by atoms with Crippen LogP contribution in [0.5, 0.6) is 5.75 Å². The van der Waals surface area contributed by atoms with Crippen molar-refractivity contribution in [3.63, 3.8) is 0 Å². The maximum atomic E-state index is 13.1. The van der Waals surface area contributed by atoms with Crippen LogP contribution in [0.15, 0.2) is 40.8 Å². The highest BCUT2D eigenvalue weighted by Crippen LogP contribution is 2.27. The molecule has 0 N–H and O–H groups in total. The van der Waals surface area contributed by atoms with Crippen molar-refractivity contribution in [2.75, 3.05) is 0 Å².